The van der Waals surface area contributed by atoms with Gasteiger partial charge in [0.15, 0.2) is 0 Å². The molecular formula is C34H62O7. The average Bonchev–Trinajstić information content (AvgIpc) is 3.01. The Morgan fingerprint density at radius 1 is 0.634 bits per heavy atom. The summed E-state index contributed by atoms with van der Waals surface area (Å²) in [4.78, 5) is 0. The molecule has 0 heterocycles. The second kappa shape index (κ2) is 21.6. The molecule has 0 aliphatic carbocycles. The number of aliphatic hydroxyl groups excluding tert-OH is 5. The van der Waals surface area contributed by atoms with Crippen molar-refractivity contribution < 1.29 is 35.4 Å². The van der Waals surface area contributed by atoms with E-state index >= 15 is 0 Å². The third kappa shape index (κ3) is 11.9. The molecule has 7 heteroatoms. The summed E-state index contributed by atoms with van der Waals surface area (Å²) in [7, 11) is 0. The quantitative estimate of drug-likeness (QED) is 0.0758. The number of rotatable bonds is 27. The molecule has 0 spiro atoms. The zero-order valence-corrected chi connectivity index (χ0v) is 26.1. The molecule has 6 N–H and O–H groups in total. The number of hydrogen-bond acceptors (Lipinski definition) is 7. The van der Waals surface area contributed by atoms with Crippen LogP contribution in [0.1, 0.15) is 122 Å². The maximum Gasteiger partial charge on any atom is 0.102 e. The molecule has 1 aromatic rings. The van der Waals surface area contributed by atoms with Crippen molar-refractivity contribution in [1.29, 1.82) is 0 Å². The lowest BCUT2D eigenvalue weighted by Gasteiger charge is -2.50. The van der Waals surface area contributed by atoms with Gasteiger partial charge in [0.05, 0.1) is 56.6 Å². The molecule has 1 rings (SSSR count). The van der Waals surface area contributed by atoms with Crippen LogP contribution in [-0.4, -0.2) is 76.4 Å². The third-order valence-corrected chi connectivity index (χ3v) is 8.99. The Balaban J connectivity index is 3.23. The third-order valence-electron chi connectivity index (χ3n) is 8.99. The molecule has 0 fully saturated rings. The van der Waals surface area contributed by atoms with Crippen molar-refractivity contribution in [2.24, 2.45) is 10.8 Å². The lowest BCUT2D eigenvalue weighted by molar-refractivity contribution is -0.211. The van der Waals surface area contributed by atoms with Crippen LogP contribution in [0.15, 0.2) is 30.3 Å². The lowest BCUT2D eigenvalue weighted by Crippen LogP contribution is -2.58. The Hall–Kier alpha value is -1.06. The van der Waals surface area contributed by atoms with Crippen LogP contribution in [-0.2, 0) is 10.3 Å². The average molecular weight is 583 g/mol. The van der Waals surface area contributed by atoms with Gasteiger partial charge in [-0.05, 0) is 18.4 Å². The Morgan fingerprint density at radius 2 is 1.12 bits per heavy atom. The fourth-order valence-corrected chi connectivity index (χ4v) is 5.81. The summed E-state index contributed by atoms with van der Waals surface area (Å²) >= 11 is 0. The van der Waals surface area contributed by atoms with E-state index in [1.54, 1.807) is 0 Å². The normalized spacial score (nSPS) is 15.9. The topological polar surface area (TPSA) is 131 Å². The number of unbranched alkanes of at least 4 members (excludes halogenated alkanes) is 12. The molecule has 3 atom stereocenters. The minimum atomic E-state index is -1.58. The SMILES string of the molecule is CCCCCCCCCC(O)C(CO)(COCC(CO)(CO)CO)C(O)(CCCCCCCCC)c1ccccc1. The molecule has 7 nitrogen and oxygen atoms in total. The molecule has 0 saturated carbocycles. The molecule has 3 unspecified atom stereocenters. The molecule has 0 aliphatic rings. The predicted molar refractivity (Wildman–Crippen MR) is 166 cm³/mol. The van der Waals surface area contributed by atoms with Crippen LogP contribution in [0.3, 0.4) is 0 Å². The van der Waals surface area contributed by atoms with Crippen molar-refractivity contribution >= 4 is 0 Å². The summed E-state index contributed by atoms with van der Waals surface area (Å²) < 4.78 is 6.00. The smallest absolute Gasteiger partial charge is 0.102 e. The first kappa shape index (κ1) is 38.0. The van der Waals surface area contributed by atoms with E-state index in [1.807, 2.05) is 30.3 Å². The Labute approximate surface area is 250 Å². The monoisotopic (exact) mass is 582 g/mol. The summed E-state index contributed by atoms with van der Waals surface area (Å²) in [5.41, 5.74) is -3.65. The minimum Gasteiger partial charge on any atom is -0.396 e. The van der Waals surface area contributed by atoms with Crippen molar-refractivity contribution in [3.63, 3.8) is 0 Å². The fourth-order valence-electron chi connectivity index (χ4n) is 5.81. The number of aliphatic hydroxyl groups is 6. The van der Waals surface area contributed by atoms with Crippen LogP contribution in [0.2, 0.25) is 0 Å². The predicted octanol–water partition coefficient (Wildman–Crippen LogP) is 5.48. The van der Waals surface area contributed by atoms with Gasteiger partial charge in [0.2, 0.25) is 0 Å². The van der Waals surface area contributed by atoms with Crippen molar-refractivity contribution in [1.82, 2.24) is 0 Å². The van der Waals surface area contributed by atoms with Crippen LogP contribution in [0.25, 0.3) is 0 Å². The first-order chi connectivity index (χ1) is 19.8. The van der Waals surface area contributed by atoms with E-state index in [0.29, 0.717) is 18.4 Å². The highest BCUT2D eigenvalue weighted by atomic mass is 16.5. The van der Waals surface area contributed by atoms with Gasteiger partial charge in [-0.25, -0.2) is 0 Å². The summed E-state index contributed by atoms with van der Waals surface area (Å²) in [5, 5.41) is 64.7. The molecule has 1 aromatic carbocycles. The molecule has 0 aromatic heterocycles. The molecule has 0 bridgehead atoms. The molecule has 240 valence electrons. The zero-order chi connectivity index (χ0) is 30.5. The molecular weight excluding hydrogens is 520 g/mol. The highest BCUT2D eigenvalue weighted by Crippen LogP contribution is 2.48. The molecule has 0 radical (unpaired) electrons. The molecule has 0 aliphatic heterocycles. The van der Waals surface area contributed by atoms with Crippen LogP contribution >= 0.6 is 0 Å². The summed E-state index contributed by atoms with van der Waals surface area (Å²) in [6.45, 7) is 2.08. The minimum absolute atomic E-state index is 0.176. The standard InChI is InChI=1S/C34H62O7/c1-3-5-7-9-11-13-18-22-31(39)33(27-38,29-41-28-32(24-35,25-36)26-37)34(40,30-20-16-15-17-21-30)23-19-14-12-10-8-6-4-2/h15-17,20-21,31,35-40H,3-14,18-19,22-29H2,1-2H3. The number of benzene rings is 1. The Kier molecular flexibility index (Phi) is 20.0. The highest BCUT2D eigenvalue weighted by molar-refractivity contribution is 5.27. The van der Waals surface area contributed by atoms with E-state index in [9.17, 15) is 30.6 Å². The maximum absolute atomic E-state index is 12.6. The van der Waals surface area contributed by atoms with Gasteiger partial charge >= 0.3 is 0 Å². The largest absolute Gasteiger partial charge is 0.396 e. The molecule has 0 saturated heterocycles. The first-order valence-electron chi connectivity index (χ1n) is 16.3. The molecule has 0 amide bonds. The van der Waals surface area contributed by atoms with E-state index in [0.717, 1.165) is 51.4 Å². The number of ether oxygens (including phenoxy) is 1. The van der Waals surface area contributed by atoms with Gasteiger partial charge in [0.25, 0.3) is 0 Å². The second-order valence-electron chi connectivity index (χ2n) is 12.3. The fraction of sp³-hybridized carbons (Fsp3) is 0.824. The van der Waals surface area contributed by atoms with Gasteiger partial charge < -0.3 is 35.4 Å². The summed E-state index contributed by atoms with van der Waals surface area (Å²) in [6.07, 6.45) is 14.8. The van der Waals surface area contributed by atoms with Crippen LogP contribution in [0.4, 0.5) is 0 Å². The van der Waals surface area contributed by atoms with E-state index in [1.165, 1.54) is 38.5 Å². The highest BCUT2D eigenvalue weighted by Gasteiger charge is 2.55. The Bertz CT molecular complexity index is 734. The summed E-state index contributed by atoms with van der Waals surface area (Å²) in [6, 6.07) is 9.26. The van der Waals surface area contributed by atoms with E-state index in [2.05, 4.69) is 13.8 Å². The lowest BCUT2D eigenvalue weighted by atomic mass is 9.62. The Morgan fingerprint density at radius 3 is 1.61 bits per heavy atom. The van der Waals surface area contributed by atoms with Crippen molar-refractivity contribution in [2.75, 3.05) is 39.6 Å². The van der Waals surface area contributed by atoms with Gasteiger partial charge in [0.1, 0.15) is 5.60 Å². The van der Waals surface area contributed by atoms with E-state index < -0.39 is 49.0 Å². The number of hydrogen-bond donors (Lipinski definition) is 6. The van der Waals surface area contributed by atoms with Crippen molar-refractivity contribution in [3.8, 4) is 0 Å². The van der Waals surface area contributed by atoms with E-state index in [4.69, 9.17) is 4.74 Å². The van der Waals surface area contributed by atoms with Gasteiger partial charge in [-0.3, -0.25) is 0 Å². The van der Waals surface area contributed by atoms with Gasteiger partial charge in [0, 0.05) is 0 Å². The van der Waals surface area contributed by atoms with Crippen LogP contribution in [0.5, 0.6) is 0 Å². The zero-order valence-electron chi connectivity index (χ0n) is 26.1. The van der Waals surface area contributed by atoms with E-state index in [-0.39, 0.29) is 13.2 Å². The van der Waals surface area contributed by atoms with Crippen molar-refractivity contribution in [3.05, 3.63) is 35.9 Å². The maximum atomic E-state index is 12.6. The second-order valence-corrected chi connectivity index (χ2v) is 12.3. The van der Waals surface area contributed by atoms with Gasteiger partial charge in [-0.1, -0.05) is 134 Å². The van der Waals surface area contributed by atoms with Crippen LogP contribution in [0, 0.1) is 10.8 Å². The molecule has 41 heavy (non-hydrogen) atoms. The first-order valence-corrected chi connectivity index (χ1v) is 16.3. The summed E-state index contributed by atoms with van der Waals surface area (Å²) in [5.74, 6) is 0. The van der Waals surface area contributed by atoms with Crippen LogP contribution < -0.4 is 0 Å². The van der Waals surface area contributed by atoms with Gasteiger partial charge in [-0.2, -0.15) is 0 Å². The van der Waals surface area contributed by atoms with Crippen molar-refractivity contribution in [2.45, 2.75) is 128 Å². The van der Waals surface area contributed by atoms with Gasteiger partial charge in [-0.15, -0.1) is 0 Å².